The van der Waals surface area contributed by atoms with Gasteiger partial charge in [0, 0.05) is 0 Å². The first kappa shape index (κ1) is 9.30. The van der Waals surface area contributed by atoms with E-state index in [9.17, 15) is 4.79 Å². The second-order valence-electron chi connectivity index (χ2n) is 2.32. The van der Waals surface area contributed by atoms with Crippen molar-refractivity contribution in [3.63, 3.8) is 0 Å². The highest BCUT2D eigenvalue weighted by Gasteiger charge is 1.88. The summed E-state index contributed by atoms with van der Waals surface area (Å²) in [5.41, 5.74) is 3.57. The van der Waals surface area contributed by atoms with Crippen molar-refractivity contribution in [2.45, 2.75) is 0 Å². The molecule has 1 aromatic rings. The molecule has 65 valence electrons. The molecule has 1 radical (unpaired) electrons. The number of methoxy groups -OCH3 is 1. The van der Waals surface area contributed by atoms with Gasteiger partial charge in [0.15, 0.2) is 0 Å². The molecule has 0 saturated carbocycles. The lowest BCUT2D eigenvalue weighted by Crippen LogP contribution is -1.93. The zero-order valence-electron chi connectivity index (χ0n) is 7.28. The summed E-state index contributed by atoms with van der Waals surface area (Å²) in [5.74, 6) is -0.521. The third kappa shape index (κ3) is 3.41. The molecule has 1 aromatic carbocycles. The van der Waals surface area contributed by atoms with Crippen LogP contribution in [0.5, 0.6) is 0 Å². The molecule has 0 amide bonds. The molecule has 0 bridgehead atoms. The van der Waals surface area contributed by atoms with Crippen LogP contribution in [0.15, 0.2) is 36.1 Å². The Labute approximate surface area is 77.2 Å². The van der Waals surface area contributed by atoms with Crippen LogP contribution in [0.25, 0.3) is 6.08 Å². The van der Waals surface area contributed by atoms with Crippen LogP contribution >= 0.6 is 0 Å². The summed E-state index contributed by atoms with van der Waals surface area (Å²) >= 11 is 0. The molecule has 0 spiro atoms. The predicted molar refractivity (Wildman–Crippen MR) is 49.7 cm³/mol. The fourth-order valence-electron chi connectivity index (χ4n) is 0.779. The quantitative estimate of drug-likeness (QED) is 0.387. The summed E-state index contributed by atoms with van der Waals surface area (Å²) in [5, 5.41) is 0. The van der Waals surface area contributed by atoms with Crippen LogP contribution < -0.4 is 0 Å². The molecule has 0 N–H and O–H groups in total. The number of hydrogen-bond acceptors (Lipinski definition) is 2. The van der Waals surface area contributed by atoms with Crippen LogP contribution in [-0.2, 0) is 9.53 Å². The Balaban J connectivity index is 2.69. The first-order chi connectivity index (χ1) is 6.33. The molecular formula is C11H9O2. The van der Waals surface area contributed by atoms with Gasteiger partial charge < -0.3 is 4.74 Å². The van der Waals surface area contributed by atoms with Crippen LogP contribution in [-0.4, -0.2) is 13.1 Å². The van der Waals surface area contributed by atoms with Gasteiger partial charge in [0.25, 0.3) is 0 Å². The van der Waals surface area contributed by atoms with Crippen molar-refractivity contribution < 1.29 is 9.53 Å². The number of carbonyl (C=O) groups excluding carboxylic acids is 1. The molecule has 13 heavy (non-hydrogen) atoms. The van der Waals surface area contributed by atoms with E-state index in [1.165, 1.54) is 7.11 Å². The molecule has 0 fully saturated rings. The van der Waals surface area contributed by atoms with Gasteiger partial charge in [0.05, 0.1) is 7.11 Å². The van der Waals surface area contributed by atoms with E-state index < -0.39 is 5.97 Å². The predicted octanol–water partition coefficient (Wildman–Crippen LogP) is 1.83. The Morgan fingerprint density at radius 3 is 2.69 bits per heavy atom. The lowest BCUT2D eigenvalue weighted by Gasteiger charge is -1.87. The molecule has 0 aliphatic rings. The Kier molecular flexibility index (Phi) is 3.55. The molecule has 1 rings (SSSR count). The molecule has 0 aromatic heterocycles. The van der Waals surface area contributed by atoms with Crippen molar-refractivity contribution in [2.24, 2.45) is 0 Å². The summed E-state index contributed by atoms with van der Waals surface area (Å²) in [6, 6.07) is 9.56. The molecule has 0 saturated heterocycles. The van der Waals surface area contributed by atoms with Gasteiger partial charge in [-0.3, -0.25) is 0 Å². The van der Waals surface area contributed by atoms with E-state index in [4.69, 9.17) is 0 Å². The molecule has 2 nitrogen and oxygen atoms in total. The first-order valence-electron chi connectivity index (χ1n) is 3.80. The molecule has 0 unspecified atom stereocenters. The van der Waals surface area contributed by atoms with Gasteiger partial charge in [0.2, 0.25) is 0 Å². The van der Waals surface area contributed by atoms with Gasteiger partial charge in [0.1, 0.15) is 6.08 Å². The minimum absolute atomic E-state index is 0.521. The van der Waals surface area contributed by atoms with Crippen molar-refractivity contribution in [3.8, 4) is 0 Å². The molecule has 0 atom stereocenters. The third-order valence-corrected chi connectivity index (χ3v) is 1.40. The Bertz CT molecular complexity index is 332. The fourth-order valence-corrected chi connectivity index (χ4v) is 0.779. The van der Waals surface area contributed by atoms with Gasteiger partial charge >= 0.3 is 5.97 Å². The minimum atomic E-state index is -0.521. The van der Waals surface area contributed by atoms with E-state index in [0.29, 0.717) is 0 Å². The summed E-state index contributed by atoms with van der Waals surface area (Å²) in [7, 11) is 1.31. The Morgan fingerprint density at radius 2 is 2.08 bits per heavy atom. The van der Waals surface area contributed by atoms with E-state index in [2.05, 4.69) is 16.5 Å². The number of ether oxygens (including phenoxy) is 1. The minimum Gasteiger partial charge on any atom is -0.465 e. The average Bonchev–Trinajstić information content (AvgIpc) is 2.19. The van der Waals surface area contributed by atoms with Gasteiger partial charge in [-0.1, -0.05) is 30.3 Å². The number of hydrogen-bond donors (Lipinski definition) is 0. The van der Waals surface area contributed by atoms with Crippen molar-refractivity contribution in [2.75, 3.05) is 7.11 Å². The van der Waals surface area contributed by atoms with Crippen LogP contribution in [0.4, 0.5) is 0 Å². The average molecular weight is 173 g/mol. The summed E-state index contributed by atoms with van der Waals surface area (Å²) in [6.45, 7) is 0. The highest BCUT2D eigenvalue weighted by Crippen LogP contribution is 1.98. The molecule has 0 heterocycles. The lowest BCUT2D eigenvalue weighted by molar-refractivity contribution is -0.135. The van der Waals surface area contributed by atoms with E-state index in [0.717, 1.165) is 5.56 Å². The zero-order valence-corrected chi connectivity index (χ0v) is 7.28. The highest BCUT2D eigenvalue weighted by atomic mass is 16.5. The van der Waals surface area contributed by atoms with E-state index in [1.54, 1.807) is 6.08 Å². The maximum Gasteiger partial charge on any atom is 0.347 e. The largest absolute Gasteiger partial charge is 0.465 e. The second-order valence-corrected chi connectivity index (χ2v) is 2.32. The summed E-state index contributed by atoms with van der Waals surface area (Å²) in [4.78, 5) is 10.6. The van der Waals surface area contributed by atoms with Gasteiger partial charge in [-0.15, -0.1) is 5.73 Å². The Hall–Kier alpha value is -1.79. The molecular weight excluding hydrogens is 164 g/mol. The van der Waals surface area contributed by atoms with Gasteiger partial charge in [-0.2, -0.15) is 0 Å². The number of carbonyl (C=O) groups is 1. The third-order valence-electron chi connectivity index (χ3n) is 1.40. The first-order valence-corrected chi connectivity index (χ1v) is 3.80. The van der Waals surface area contributed by atoms with E-state index in [-0.39, 0.29) is 0 Å². The van der Waals surface area contributed by atoms with Gasteiger partial charge in [-0.25, -0.2) is 4.79 Å². The maximum absolute atomic E-state index is 10.6. The van der Waals surface area contributed by atoms with Gasteiger partial charge in [-0.05, 0) is 11.6 Å². The summed E-state index contributed by atoms with van der Waals surface area (Å²) < 4.78 is 4.36. The summed E-state index contributed by atoms with van der Waals surface area (Å²) in [6.07, 6.45) is 3.98. The van der Waals surface area contributed by atoms with Crippen molar-refractivity contribution in [3.05, 3.63) is 47.7 Å². The Morgan fingerprint density at radius 1 is 1.38 bits per heavy atom. The smallest absolute Gasteiger partial charge is 0.347 e. The molecule has 0 aliphatic heterocycles. The SMILES string of the molecule is COC(=O)[C]=C=Cc1ccccc1. The van der Waals surface area contributed by atoms with E-state index >= 15 is 0 Å². The van der Waals surface area contributed by atoms with Crippen molar-refractivity contribution in [1.29, 1.82) is 0 Å². The maximum atomic E-state index is 10.6. The number of benzene rings is 1. The van der Waals surface area contributed by atoms with Crippen LogP contribution in [0.3, 0.4) is 0 Å². The van der Waals surface area contributed by atoms with Crippen molar-refractivity contribution in [1.82, 2.24) is 0 Å². The van der Waals surface area contributed by atoms with Crippen LogP contribution in [0.1, 0.15) is 5.56 Å². The van der Waals surface area contributed by atoms with Crippen LogP contribution in [0, 0.1) is 6.08 Å². The lowest BCUT2D eigenvalue weighted by atomic mass is 10.2. The zero-order chi connectivity index (χ0) is 9.52. The van der Waals surface area contributed by atoms with Crippen molar-refractivity contribution >= 4 is 12.0 Å². The van der Waals surface area contributed by atoms with Crippen LogP contribution in [0.2, 0.25) is 0 Å². The van der Waals surface area contributed by atoms with E-state index in [1.807, 2.05) is 30.3 Å². The second kappa shape index (κ2) is 4.96. The fraction of sp³-hybridized carbons (Fsp3) is 0.0909. The number of rotatable bonds is 2. The standard InChI is InChI=1S/C11H9O2/c1-13-11(12)9-5-8-10-6-3-2-4-7-10/h2-4,6-8H,1H3. The topological polar surface area (TPSA) is 26.3 Å². The number of esters is 1. The normalized spacial score (nSPS) is 8.38. The highest BCUT2D eigenvalue weighted by molar-refractivity contribution is 5.77. The monoisotopic (exact) mass is 173 g/mol. The molecule has 2 heteroatoms. The molecule has 0 aliphatic carbocycles.